The Morgan fingerprint density at radius 1 is 1.10 bits per heavy atom. The number of hydrogen-bond donors (Lipinski definition) is 0. The van der Waals surface area contributed by atoms with Crippen molar-refractivity contribution in [3.8, 4) is 22.9 Å². The van der Waals surface area contributed by atoms with Gasteiger partial charge < -0.3 is 9.47 Å². The summed E-state index contributed by atoms with van der Waals surface area (Å²) in [6.07, 6.45) is 5.39. The molecule has 0 bridgehead atoms. The quantitative estimate of drug-likeness (QED) is 0.365. The number of carbonyl (C=O) groups is 1. The predicted molar refractivity (Wildman–Crippen MR) is 116 cm³/mol. The first-order valence-corrected chi connectivity index (χ1v) is 9.87. The van der Waals surface area contributed by atoms with Crippen molar-refractivity contribution in [1.29, 1.82) is 0 Å². The molecule has 0 fully saturated rings. The number of benzene rings is 2. The minimum Gasteiger partial charge on any atom is -0.496 e. The van der Waals surface area contributed by atoms with E-state index in [-0.39, 0.29) is 5.56 Å². The Labute approximate surface area is 175 Å². The highest BCUT2D eigenvalue weighted by Crippen LogP contribution is 2.27. The Balaban J connectivity index is 1.68. The van der Waals surface area contributed by atoms with Gasteiger partial charge in [0.25, 0.3) is 5.56 Å². The fourth-order valence-corrected chi connectivity index (χ4v) is 3.76. The van der Waals surface area contributed by atoms with Crippen LogP contribution in [0.1, 0.15) is 12.5 Å². The zero-order valence-electron chi connectivity index (χ0n) is 16.2. The van der Waals surface area contributed by atoms with Crippen LogP contribution in [0.25, 0.3) is 28.5 Å². The number of hydrogen-bond acceptors (Lipinski definition) is 7. The van der Waals surface area contributed by atoms with Crippen molar-refractivity contribution in [2.75, 3.05) is 7.11 Å². The molecule has 0 aliphatic rings. The number of thiazole rings is 1. The molecule has 4 rings (SSSR count). The van der Waals surface area contributed by atoms with Crippen molar-refractivity contribution in [3.63, 3.8) is 0 Å². The van der Waals surface area contributed by atoms with Gasteiger partial charge in [0.2, 0.25) is 4.96 Å². The summed E-state index contributed by atoms with van der Waals surface area (Å²) in [6.45, 7) is 1.33. The zero-order chi connectivity index (χ0) is 21.1. The molecule has 0 saturated heterocycles. The van der Waals surface area contributed by atoms with E-state index in [1.54, 1.807) is 43.5 Å². The van der Waals surface area contributed by atoms with Crippen LogP contribution < -0.4 is 19.6 Å². The largest absolute Gasteiger partial charge is 0.496 e. The summed E-state index contributed by atoms with van der Waals surface area (Å²) in [5, 5.41) is 4.31. The van der Waals surface area contributed by atoms with Gasteiger partial charge in [-0.3, -0.25) is 9.59 Å². The normalized spacial score (nSPS) is 12.0. The fourth-order valence-electron chi connectivity index (χ4n) is 2.90. The van der Waals surface area contributed by atoms with Crippen molar-refractivity contribution < 1.29 is 14.3 Å². The van der Waals surface area contributed by atoms with E-state index in [1.807, 2.05) is 30.3 Å². The molecule has 0 atom stereocenters. The lowest BCUT2D eigenvalue weighted by atomic mass is 10.2. The number of methoxy groups -OCH3 is 1. The monoisotopic (exact) mass is 419 g/mol. The second-order valence-corrected chi connectivity index (χ2v) is 7.27. The van der Waals surface area contributed by atoms with Crippen molar-refractivity contribution in [2.24, 2.45) is 0 Å². The summed E-state index contributed by atoms with van der Waals surface area (Å²) in [5.41, 5.74) is 1.19. The molecule has 0 unspecified atom stereocenters. The molecule has 0 spiro atoms. The lowest BCUT2D eigenvalue weighted by molar-refractivity contribution is -0.131. The van der Waals surface area contributed by atoms with Crippen LogP contribution in [0.4, 0.5) is 0 Å². The van der Waals surface area contributed by atoms with Crippen LogP contribution in [0.3, 0.4) is 0 Å². The minimum atomic E-state index is -0.438. The molecule has 0 aliphatic heterocycles. The van der Waals surface area contributed by atoms with Gasteiger partial charge in [0, 0.05) is 12.5 Å². The average Bonchev–Trinajstić information content (AvgIpc) is 3.28. The van der Waals surface area contributed by atoms with Gasteiger partial charge in [-0.15, -0.1) is 5.10 Å². The third-order valence-electron chi connectivity index (χ3n) is 4.23. The molecular weight excluding hydrogens is 402 g/mol. The topological polar surface area (TPSA) is 82.8 Å². The van der Waals surface area contributed by atoms with Gasteiger partial charge in [-0.1, -0.05) is 53.8 Å². The van der Waals surface area contributed by atoms with Crippen LogP contribution >= 0.6 is 11.3 Å². The van der Waals surface area contributed by atoms with E-state index in [1.165, 1.54) is 22.8 Å². The van der Waals surface area contributed by atoms with Gasteiger partial charge in [0.1, 0.15) is 11.5 Å². The van der Waals surface area contributed by atoms with Crippen LogP contribution in [0.5, 0.6) is 11.5 Å². The van der Waals surface area contributed by atoms with Gasteiger partial charge in [0.05, 0.1) is 17.2 Å². The summed E-state index contributed by atoms with van der Waals surface area (Å²) in [7, 11) is 1.61. The molecule has 0 radical (unpaired) electrons. The van der Waals surface area contributed by atoms with Gasteiger partial charge >= 0.3 is 5.97 Å². The Morgan fingerprint density at radius 2 is 1.83 bits per heavy atom. The van der Waals surface area contributed by atoms with Crippen LogP contribution in [0, 0.1) is 0 Å². The molecule has 7 nitrogen and oxygen atoms in total. The number of para-hydroxylation sites is 2. The summed E-state index contributed by atoms with van der Waals surface area (Å²) >= 11 is 1.24. The second kappa shape index (κ2) is 8.30. The maximum atomic E-state index is 12.7. The Hall–Kier alpha value is -3.78. The number of nitrogens with zero attached hydrogens (tertiary/aromatic N) is 3. The highest BCUT2D eigenvalue weighted by molar-refractivity contribution is 7.15. The summed E-state index contributed by atoms with van der Waals surface area (Å²) in [5.74, 6) is 0.989. The SMILES string of the molecule is COc1ccccc1C=CC=c1sc2nc(-c3ccccc3OC(C)=O)nn2c1=O. The maximum absolute atomic E-state index is 12.7. The third kappa shape index (κ3) is 3.85. The summed E-state index contributed by atoms with van der Waals surface area (Å²) in [4.78, 5) is 28.9. The maximum Gasteiger partial charge on any atom is 0.308 e. The average molecular weight is 419 g/mol. The van der Waals surface area contributed by atoms with Crippen molar-refractivity contribution in [2.45, 2.75) is 6.92 Å². The van der Waals surface area contributed by atoms with E-state index < -0.39 is 5.97 Å². The van der Waals surface area contributed by atoms with Crippen LogP contribution in [-0.4, -0.2) is 27.7 Å². The molecule has 2 aromatic carbocycles. The van der Waals surface area contributed by atoms with E-state index in [2.05, 4.69) is 10.1 Å². The first-order valence-electron chi connectivity index (χ1n) is 9.05. The first-order chi connectivity index (χ1) is 14.6. The number of carbonyl (C=O) groups excluding carboxylic acids is 1. The minimum absolute atomic E-state index is 0.261. The van der Waals surface area contributed by atoms with Crippen molar-refractivity contribution in [3.05, 3.63) is 75.1 Å². The lowest BCUT2D eigenvalue weighted by Crippen LogP contribution is -2.23. The van der Waals surface area contributed by atoms with E-state index in [0.29, 0.717) is 26.6 Å². The molecule has 0 N–H and O–H groups in total. The van der Waals surface area contributed by atoms with Crippen molar-refractivity contribution >= 4 is 34.4 Å². The highest BCUT2D eigenvalue weighted by atomic mass is 32.1. The molecule has 2 aromatic heterocycles. The Bertz CT molecular complexity index is 1370. The van der Waals surface area contributed by atoms with E-state index in [4.69, 9.17) is 9.47 Å². The zero-order valence-corrected chi connectivity index (χ0v) is 17.1. The third-order valence-corrected chi connectivity index (χ3v) is 5.20. The van der Waals surface area contributed by atoms with E-state index in [9.17, 15) is 9.59 Å². The molecule has 30 heavy (non-hydrogen) atoms. The van der Waals surface area contributed by atoms with Crippen LogP contribution in [-0.2, 0) is 4.79 Å². The molecule has 0 aliphatic carbocycles. The molecule has 0 amide bonds. The number of allylic oxidation sites excluding steroid dienone is 1. The first kappa shape index (κ1) is 19.5. The molecule has 4 aromatic rings. The smallest absolute Gasteiger partial charge is 0.308 e. The number of rotatable bonds is 5. The molecule has 0 saturated carbocycles. The highest BCUT2D eigenvalue weighted by Gasteiger charge is 2.15. The summed E-state index contributed by atoms with van der Waals surface area (Å²) < 4.78 is 12.3. The van der Waals surface area contributed by atoms with Gasteiger partial charge in [-0.25, -0.2) is 0 Å². The van der Waals surface area contributed by atoms with E-state index >= 15 is 0 Å². The number of fused-ring (bicyclic) bond motifs is 1. The van der Waals surface area contributed by atoms with Gasteiger partial charge in [-0.2, -0.15) is 9.50 Å². The molecule has 150 valence electrons. The van der Waals surface area contributed by atoms with Crippen LogP contribution in [0.15, 0.2) is 59.4 Å². The molecule has 8 heteroatoms. The van der Waals surface area contributed by atoms with E-state index in [0.717, 1.165) is 11.3 Å². The van der Waals surface area contributed by atoms with Gasteiger partial charge in [0.15, 0.2) is 5.82 Å². The van der Waals surface area contributed by atoms with Gasteiger partial charge in [-0.05, 0) is 24.3 Å². The molecular formula is C22H17N3O4S. The Kier molecular flexibility index (Phi) is 5.40. The Morgan fingerprint density at radius 3 is 2.57 bits per heavy atom. The second-order valence-electron chi connectivity index (χ2n) is 6.26. The van der Waals surface area contributed by atoms with Crippen LogP contribution in [0.2, 0.25) is 0 Å². The lowest BCUT2D eigenvalue weighted by Gasteiger charge is -2.04. The number of esters is 1. The molecule has 2 heterocycles. The fraction of sp³-hybridized carbons (Fsp3) is 0.0909. The summed E-state index contributed by atoms with van der Waals surface area (Å²) in [6, 6.07) is 14.6. The predicted octanol–water partition coefficient (Wildman–Crippen LogP) is 2.96. The standard InChI is InChI=1S/C22H17N3O4S/c1-14(26)29-18-12-6-4-10-16(18)20-23-22-25(24-20)21(27)19(30-22)13-7-9-15-8-3-5-11-17(15)28-2/h3-13H,1-2H3. The number of aromatic nitrogens is 3. The van der Waals surface area contributed by atoms with Crippen molar-refractivity contribution in [1.82, 2.24) is 14.6 Å². The number of ether oxygens (including phenoxy) is 2.